The van der Waals surface area contributed by atoms with Crippen LogP contribution >= 0.6 is 0 Å². The van der Waals surface area contributed by atoms with Crippen molar-refractivity contribution in [2.45, 2.75) is 25.4 Å². The van der Waals surface area contributed by atoms with Gasteiger partial charge in [-0.3, -0.25) is 0 Å². The van der Waals surface area contributed by atoms with Crippen molar-refractivity contribution in [3.8, 4) is 6.07 Å². The topological polar surface area (TPSA) is 27.0 Å². The van der Waals surface area contributed by atoms with E-state index in [0.29, 0.717) is 13.1 Å². The van der Waals surface area contributed by atoms with E-state index in [2.05, 4.69) is 0 Å². The number of alkyl halides is 3. The van der Waals surface area contributed by atoms with Gasteiger partial charge in [0.2, 0.25) is 0 Å². The van der Waals surface area contributed by atoms with Gasteiger partial charge in [0.1, 0.15) is 0 Å². The van der Waals surface area contributed by atoms with Gasteiger partial charge < -0.3 is 4.90 Å². The summed E-state index contributed by atoms with van der Waals surface area (Å²) in [6.45, 7) is 1.21. The zero-order chi connectivity index (χ0) is 10.6. The lowest BCUT2D eigenvalue weighted by Gasteiger charge is -2.28. The van der Waals surface area contributed by atoms with E-state index in [1.54, 1.807) is 4.90 Å². The molecule has 0 aromatic carbocycles. The summed E-state index contributed by atoms with van der Waals surface area (Å²) in [6, 6.07) is 1.32. The van der Waals surface area contributed by atoms with Gasteiger partial charge in [-0.1, -0.05) is 6.42 Å². The molecule has 80 valence electrons. The fraction of sp³-hybridized carbons (Fsp3) is 0.889. The van der Waals surface area contributed by atoms with Gasteiger partial charge in [-0.25, -0.2) is 0 Å². The summed E-state index contributed by atoms with van der Waals surface area (Å²) in [5.74, 6) is -1.83. The van der Waals surface area contributed by atoms with E-state index in [-0.39, 0.29) is 6.54 Å². The Morgan fingerprint density at radius 3 is 2.21 bits per heavy atom. The fourth-order valence-electron chi connectivity index (χ4n) is 1.62. The molecule has 2 nitrogen and oxygen atoms in total. The number of hydrogen-bond acceptors (Lipinski definition) is 2. The second-order valence-corrected chi connectivity index (χ2v) is 3.58. The molecular weight excluding hydrogens is 193 g/mol. The molecule has 0 saturated carbocycles. The lowest BCUT2D eigenvalue weighted by molar-refractivity contribution is -0.163. The SMILES string of the molecule is N#CC(CN1CCCCC1)C(F)(F)F. The minimum Gasteiger partial charge on any atom is -0.302 e. The van der Waals surface area contributed by atoms with Crippen LogP contribution in [0.1, 0.15) is 19.3 Å². The Kier molecular flexibility index (Phi) is 3.76. The monoisotopic (exact) mass is 206 g/mol. The molecule has 0 amide bonds. The molecule has 1 aliphatic rings. The van der Waals surface area contributed by atoms with Crippen molar-refractivity contribution < 1.29 is 13.2 Å². The van der Waals surface area contributed by atoms with Gasteiger partial charge >= 0.3 is 6.18 Å². The number of nitriles is 1. The molecule has 14 heavy (non-hydrogen) atoms. The van der Waals surface area contributed by atoms with Crippen molar-refractivity contribution in [1.82, 2.24) is 4.90 Å². The maximum Gasteiger partial charge on any atom is 0.405 e. The molecule has 5 heteroatoms. The van der Waals surface area contributed by atoms with Crippen LogP contribution in [0.4, 0.5) is 13.2 Å². The summed E-state index contributed by atoms with van der Waals surface area (Å²) in [4.78, 5) is 1.73. The molecule has 0 N–H and O–H groups in total. The molecule has 1 rings (SSSR count). The number of piperidine rings is 1. The van der Waals surface area contributed by atoms with Crippen molar-refractivity contribution in [2.24, 2.45) is 5.92 Å². The number of rotatable bonds is 2. The minimum absolute atomic E-state index is 0.167. The molecule has 1 saturated heterocycles. The van der Waals surface area contributed by atoms with Crippen LogP contribution in [0, 0.1) is 17.2 Å². The third-order valence-electron chi connectivity index (χ3n) is 2.44. The summed E-state index contributed by atoms with van der Waals surface area (Å²) in [5, 5.41) is 8.40. The zero-order valence-electron chi connectivity index (χ0n) is 7.85. The Morgan fingerprint density at radius 1 is 1.21 bits per heavy atom. The van der Waals surface area contributed by atoms with Gasteiger partial charge in [0.25, 0.3) is 0 Å². The maximum absolute atomic E-state index is 12.2. The van der Waals surface area contributed by atoms with Gasteiger partial charge in [0.15, 0.2) is 5.92 Å². The fourth-order valence-corrected chi connectivity index (χ4v) is 1.62. The highest BCUT2D eigenvalue weighted by atomic mass is 19.4. The van der Waals surface area contributed by atoms with Gasteiger partial charge in [-0.15, -0.1) is 0 Å². The predicted octanol–water partition coefficient (Wildman–Crippen LogP) is 2.17. The molecule has 0 aromatic rings. The second kappa shape index (κ2) is 4.65. The van der Waals surface area contributed by atoms with Crippen LogP contribution in [0.15, 0.2) is 0 Å². The first kappa shape index (κ1) is 11.3. The van der Waals surface area contributed by atoms with Crippen LogP contribution in [0.2, 0.25) is 0 Å². The predicted molar refractivity (Wildman–Crippen MR) is 45.4 cm³/mol. The van der Waals surface area contributed by atoms with Crippen molar-refractivity contribution in [1.29, 1.82) is 5.26 Å². The molecule has 0 spiro atoms. The minimum atomic E-state index is -4.38. The molecule has 1 aliphatic heterocycles. The lowest BCUT2D eigenvalue weighted by Crippen LogP contribution is -2.38. The molecule has 1 atom stereocenters. The van der Waals surface area contributed by atoms with Crippen molar-refractivity contribution >= 4 is 0 Å². The van der Waals surface area contributed by atoms with E-state index >= 15 is 0 Å². The van der Waals surface area contributed by atoms with Crippen LogP contribution in [0.25, 0.3) is 0 Å². The first-order valence-corrected chi connectivity index (χ1v) is 4.72. The second-order valence-electron chi connectivity index (χ2n) is 3.58. The number of halogens is 3. The quantitative estimate of drug-likeness (QED) is 0.692. The molecule has 1 heterocycles. The van der Waals surface area contributed by atoms with E-state index in [1.165, 1.54) is 6.07 Å². The Bertz CT molecular complexity index is 213. The lowest BCUT2D eigenvalue weighted by atomic mass is 10.1. The summed E-state index contributed by atoms with van der Waals surface area (Å²) in [7, 11) is 0. The van der Waals surface area contributed by atoms with Crippen molar-refractivity contribution in [2.75, 3.05) is 19.6 Å². The van der Waals surface area contributed by atoms with Crippen LogP contribution in [0.5, 0.6) is 0 Å². The number of likely N-dealkylation sites (tertiary alicyclic amines) is 1. The number of nitrogens with zero attached hydrogens (tertiary/aromatic N) is 2. The Hall–Kier alpha value is -0.760. The molecule has 0 aromatic heterocycles. The highest BCUT2D eigenvalue weighted by Gasteiger charge is 2.40. The van der Waals surface area contributed by atoms with Gasteiger partial charge in [-0.05, 0) is 25.9 Å². The number of hydrogen-bond donors (Lipinski definition) is 0. The van der Waals surface area contributed by atoms with Crippen LogP contribution in [0.3, 0.4) is 0 Å². The van der Waals surface area contributed by atoms with Gasteiger partial charge in [0, 0.05) is 6.54 Å². The largest absolute Gasteiger partial charge is 0.405 e. The van der Waals surface area contributed by atoms with Crippen LogP contribution < -0.4 is 0 Å². The first-order valence-electron chi connectivity index (χ1n) is 4.72. The Labute approximate surface area is 81.3 Å². The van der Waals surface area contributed by atoms with E-state index in [0.717, 1.165) is 19.3 Å². The maximum atomic E-state index is 12.2. The van der Waals surface area contributed by atoms with Gasteiger partial charge in [-0.2, -0.15) is 18.4 Å². The highest BCUT2D eigenvalue weighted by molar-refractivity contribution is 4.91. The van der Waals surface area contributed by atoms with E-state index in [1.807, 2.05) is 0 Å². The Morgan fingerprint density at radius 2 is 1.79 bits per heavy atom. The highest BCUT2D eigenvalue weighted by Crippen LogP contribution is 2.27. The molecule has 0 aliphatic carbocycles. The molecule has 0 bridgehead atoms. The van der Waals surface area contributed by atoms with E-state index in [9.17, 15) is 13.2 Å². The van der Waals surface area contributed by atoms with Crippen molar-refractivity contribution in [3.05, 3.63) is 0 Å². The third kappa shape index (κ3) is 3.18. The first-order chi connectivity index (χ1) is 6.54. The average Bonchev–Trinajstić information content (AvgIpc) is 2.14. The van der Waals surface area contributed by atoms with Crippen molar-refractivity contribution in [3.63, 3.8) is 0 Å². The summed E-state index contributed by atoms with van der Waals surface area (Å²) in [6.07, 6.45) is -1.42. The summed E-state index contributed by atoms with van der Waals surface area (Å²) in [5.41, 5.74) is 0. The molecule has 1 unspecified atom stereocenters. The third-order valence-corrected chi connectivity index (χ3v) is 2.44. The molecular formula is C9H13F3N2. The smallest absolute Gasteiger partial charge is 0.302 e. The van der Waals surface area contributed by atoms with Gasteiger partial charge in [0.05, 0.1) is 6.07 Å². The molecule has 0 radical (unpaired) electrons. The Balaban J connectivity index is 2.44. The van der Waals surface area contributed by atoms with Crippen LogP contribution in [-0.4, -0.2) is 30.7 Å². The molecule has 1 fully saturated rings. The average molecular weight is 206 g/mol. The van der Waals surface area contributed by atoms with E-state index in [4.69, 9.17) is 5.26 Å². The zero-order valence-corrected chi connectivity index (χ0v) is 7.85. The summed E-state index contributed by atoms with van der Waals surface area (Å²) < 4.78 is 36.7. The van der Waals surface area contributed by atoms with Crippen LogP contribution in [-0.2, 0) is 0 Å². The normalized spacial score (nSPS) is 21.6. The standard InChI is InChI=1S/C9H13F3N2/c10-9(11,12)8(6-13)7-14-4-2-1-3-5-14/h8H,1-5,7H2. The van der Waals surface area contributed by atoms with E-state index < -0.39 is 12.1 Å². The summed E-state index contributed by atoms with van der Waals surface area (Å²) >= 11 is 0.